The number of rotatable bonds is 6. The van der Waals surface area contributed by atoms with Gasteiger partial charge in [-0.15, -0.1) is 0 Å². The molecular formula is C26H24N2O6. The number of hydrogen-bond donors (Lipinski definition) is 3. The van der Waals surface area contributed by atoms with Gasteiger partial charge in [-0.3, -0.25) is 9.59 Å². The van der Waals surface area contributed by atoms with Gasteiger partial charge in [-0.05, 0) is 48.5 Å². The van der Waals surface area contributed by atoms with Crippen LogP contribution >= 0.6 is 0 Å². The fraction of sp³-hybridized carbons (Fsp3) is 0.231. The van der Waals surface area contributed by atoms with Crippen molar-refractivity contribution in [1.29, 1.82) is 0 Å². The Bertz CT molecular complexity index is 1180. The molecule has 5 rings (SSSR count). The first-order valence-electron chi connectivity index (χ1n) is 11.0. The average molecular weight is 460 g/mol. The van der Waals surface area contributed by atoms with Crippen LogP contribution in [-0.2, 0) is 9.47 Å². The minimum Gasteiger partial charge on any atom is -0.508 e. The van der Waals surface area contributed by atoms with E-state index in [4.69, 9.17) is 14.2 Å². The molecule has 174 valence electrons. The predicted molar refractivity (Wildman–Crippen MR) is 123 cm³/mol. The van der Waals surface area contributed by atoms with Gasteiger partial charge in [-0.25, -0.2) is 0 Å². The summed E-state index contributed by atoms with van der Waals surface area (Å²) in [5.74, 6) is 0.683. The van der Waals surface area contributed by atoms with Crippen molar-refractivity contribution in [2.75, 3.05) is 13.2 Å². The molecule has 3 aromatic rings. The lowest BCUT2D eigenvalue weighted by atomic mass is 10.0. The lowest BCUT2D eigenvalue weighted by Gasteiger charge is -2.18. The number of para-hydroxylation sites is 1. The molecule has 2 fully saturated rings. The molecule has 2 aliphatic rings. The number of phenols is 1. The van der Waals surface area contributed by atoms with Crippen molar-refractivity contribution in [3.05, 3.63) is 90.0 Å². The van der Waals surface area contributed by atoms with Crippen LogP contribution in [0, 0.1) is 0 Å². The molecule has 2 amide bonds. The molecule has 4 atom stereocenters. The van der Waals surface area contributed by atoms with Crippen LogP contribution in [0.25, 0.3) is 0 Å². The van der Waals surface area contributed by atoms with Gasteiger partial charge in [0, 0.05) is 11.1 Å². The van der Waals surface area contributed by atoms with Crippen molar-refractivity contribution < 1.29 is 28.9 Å². The Hall–Kier alpha value is -3.88. The maximum atomic E-state index is 12.9. The Kier molecular flexibility index (Phi) is 6.16. The van der Waals surface area contributed by atoms with Crippen molar-refractivity contribution in [1.82, 2.24) is 10.6 Å². The molecule has 3 N–H and O–H groups in total. The smallest absolute Gasteiger partial charge is 0.251 e. The van der Waals surface area contributed by atoms with Crippen LogP contribution in [0.3, 0.4) is 0 Å². The summed E-state index contributed by atoms with van der Waals surface area (Å²) >= 11 is 0. The average Bonchev–Trinajstić information content (AvgIpc) is 3.43. The number of hydrogen-bond acceptors (Lipinski definition) is 6. The number of ether oxygens (including phenoxy) is 3. The molecule has 2 aliphatic heterocycles. The molecule has 8 heteroatoms. The number of nitrogens with one attached hydrogen (secondary N) is 2. The molecule has 0 aliphatic carbocycles. The van der Waals surface area contributed by atoms with Gasteiger partial charge in [0.05, 0.1) is 25.3 Å². The Balaban J connectivity index is 1.19. The molecular weight excluding hydrogens is 436 g/mol. The van der Waals surface area contributed by atoms with E-state index in [1.807, 2.05) is 30.3 Å². The molecule has 8 nitrogen and oxygen atoms in total. The number of amides is 2. The molecule has 0 saturated carbocycles. The number of carbonyl (C=O) groups excluding carboxylic acids is 2. The van der Waals surface area contributed by atoms with Gasteiger partial charge in [-0.2, -0.15) is 0 Å². The number of benzene rings is 3. The molecule has 2 heterocycles. The van der Waals surface area contributed by atoms with E-state index in [0.717, 1.165) is 0 Å². The van der Waals surface area contributed by atoms with Gasteiger partial charge in [0.1, 0.15) is 29.5 Å². The molecule has 0 spiro atoms. The first-order valence-corrected chi connectivity index (χ1v) is 11.0. The van der Waals surface area contributed by atoms with Crippen LogP contribution in [0.1, 0.15) is 20.7 Å². The quantitative estimate of drug-likeness (QED) is 0.522. The summed E-state index contributed by atoms with van der Waals surface area (Å²) in [5, 5.41) is 15.5. The van der Waals surface area contributed by atoms with Gasteiger partial charge < -0.3 is 30.0 Å². The Morgan fingerprint density at radius 1 is 0.735 bits per heavy atom. The van der Waals surface area contributed by atoms with Crippen LogP contribution in [0.2, 0.25) is 0 Å². The van der Waals surface area contributed by atoms with Gasteiger partial charge in [0.15, 0.2) is 0 Å². The van der Waals surface area contributed by atoms with E-state index < -0.39 is 0 Å². The third kappa shape index (κ3) is 4.73. The Labute approximate surface area is 196 Å². The Morgan fingerprint density at radius 2 is 1.29 bits per heavy atom. The highest BCUT2D eigenvalue weighted by atomic mass is 16.6. The van der Waals surface area contributed by atoms with Crippen molar-refractivity contribution in [3.8, 4) is 17.2 Å². The summed E-state index contributed by atoms with van der Waals surface area (Å²) in [6, 6.07) is 21.7. The standard InChI is InChI=1S/C26H24N2O6/c29-18-8-4-6-16(12-18)25(30)27-21-14-32-24-22(15-33-23(21)24)28-26(31)17-7-5-11-20(13-17)34-19-9-2-1-3-10-19/h1-13,21-24,29H,14-15H2,(H,27,30)(H,28,31). The summed E-state index contributed by atoms with van der Waals surface area (Å²) in [6.07, 6.45) is -0.749. The summed E-state index contributed by atoms with van der Waals surface area (Å²) in [5.41, 5.74) is 0.813. The zero-order valence-electron chi connectivity index (χ0n) is 18.2. The van der Waals surface area contributed by atoms with E-state index in [9.17, 15) is 14.7 Å². The van der Waals surface area contributed by atoms with E-state index in [2.05, 4.69) is 10.6 Å². The largest absolute Gasteiger partial charge is 0.508 e. The molecule has 0 aromatic heterocycles. The van der Waals surface area contributed by atoms with E-state index in [0.29, 0.717) is 22.6 Å². The molecule has 0 radical (unpaired) electrons. The fourth-order valence-corrected chi connectivity index (χ4v) is 4.22. The molecule has 34 heavy (non-hydrogen) atoms. The third-order valence-electron chi connectivity index (χ3n) is 5.87. The van der Waals surface area contributed by atoms with Crippen molar-refractivity contribution >= 4 is 11.8 Å². The Morgan fingerprint density at radius 3 is 1.91 bits per heavy atom. The highest BCUT2D eigenvalue weighted by molar-refractivity contribution is 5.95. The number of carbonyl (C=O) groups is 2. The van der Waals surface area contributed by atoms with Gasteiger partial charge in [0.25, 0.3) is 11.8 Å². The minimum absolute atomic E-state index is 0.0197. The molecule has 4 unspecified atom stereocenters. The van der Waals surface area contributed by atoms with Crippen molar-refractivity contribution in [3.63, 3.8) is 0 Å². The van der Waals surface area contributed by atoms with Crippen LogP contribution in [0.4, 0.5) is 0 Å². The van der Waals surface area contributed by atoms with Crippen LogP contribution in [0.15, 0.2) is 78.9 Å². The van der Waals surface area contributed by atoms with E-state index in [1.165, 1.54) is 12.1 Å². The first kappa shape index (κ1) is 21.9. The summed E-state index contributed by atoms with van der Waals surface area (Å²) < 4.78 is 17.6. The summed E-state index contributed by atoms with van der Waals surface area (Å²) in [7, 11) is 0. The van der Waals surface area contributed by atoms with Crippen LogP contribution in [-0.4, -0.2) is 54.4 Å². The maximum absolute atomic E-state index is 12.9. The summed E-state index contributed by atoms with van der Waals surface area (Å²) in [4.78, 5) is 25.4. The van der Waals surface area contributed by atoms with E-state index in [-0.39, 0.29) is 55.1 Å². The fourth-order valence-electron chi connectivity index (χ4n) is 4.22. The first-order chi connectivity index (χ1) is 16.6. The second kappa shape index (κ2) is 9.54. The zero-order valence-corrected chi connectivity index (χ0v) is 18.2. The third-order valence-corrected chi connectivity index (χ3v) is 5.87. The molecule has 2 saturated heterocycles. The number of fused-ring (bicyclic) bond motifs is 1. The van der Waals surface area contributed by atoms with Gasteiger partial charge >= 0.3 is 0 Å². The number of phenolic OH excluding ortho intramolecular Hbond substituents is 1. The molecule has 3 aromatic carbocycles. The highest BCUT2D eigenvalue weighted by Gasteiger charge is 2.48. The van der Waals surface area contributed by atoms with Crippen LogP contribution in [0.5, 0.6) is 17.2 Å². The van der Waals surface area contributed by atoms with Gasteiger partial charge in [0.2, 0.25) is 0 Å². The SMILES string of the molecule is O=C(NC1COC2C(NC(=O)c3cccc(Oc4ccccc4)c3)COC12)c1cccc(O)c1. The second-order valence-electron chi connectivity index (χ2n) is 8.25. The van der Waals surface area contributed by atoms with E-state index in [1.54, 1.807) is 36.4 Å². The zero-order chi connectivity index (χ0) is 23.5. The molecule has 0 bridgehead atoms. The van der Waals surface area contributed by atoms with Gasteiger partial charge in [-0.1, -0.05) is 30.3 Å². The minimum atomic E-state index is -0.376. The van der Waals surface area contributed by atoms with E-state index >= 15 is 0 Å². The predicted octanol–water partition coefficient (Wildman–Crippen LogP) is 2.88. The maximum Gasteiger partial charge on any atom is 0.251 e. The van der Waals surface area contributed by atoms with Crippen molar-refractivity contribution in [2.45, 2.75) is 24.3 Å². The van der Waals surface area contributed by atoms with Crippen molar-refractivity contribution in [2.24, 2.45) is 0 Å². The monoisotopic (exact) mass is 460 g/mol. The second-order valence-corrected chi connectivity index (χ2v) is 8.25. The van der Waals surface area contributed by atoms with Crippen LogP contribution < -0.4 is 15.4 Å². The normalized spacial score (nSPS) is 23.2. The summed E-state index contributed by atoms with van der Waals surface area (Å²) in [6.45, 7) is 0.548. The highest BCUT2D eigenvalue weighted by Crippen LogP contribution is 2.28. The lowest BCUT2D eigenvalue weighted by Crippen LogP contribution is -2.46. The lowest BCUT2D eigenvalue weighted by molar-refractivity contribution is 0.0628. The number of aromatic hydroxyl groups is 1. The topological polar surface area (TPSA) is 106 Å².